The van der Waals surface area contributed by atoms with Gasteiger partial charge in [-0.2, -0.15) is 4.31 Å². The summed E-state index contributed by atoms with van der Waals surface area (Å²) in [5.74, 6) is 0.0331. The third-order valence-corrected chi connectivity index (χ3v) is 5.64. The predicted molar refractivity (Wildman–Crippen MR) is 107 cm³/mol. The van der Waals surface area contributed by atoms with Gasteiger partial charge in [-0.25, -0.2) is 8.42 Å². The number of halogens is 1. The number of carbonyl (C=O) groups excluding carboxylic acids is 1. The van der Waals surface area contributed by atoms with Gasteiger partial charge in [-0.3, -0.25) is 4.79 Å². The number of hydrogen-bond donors (Lipinski definition) is 1. The quantitative estimate of drug-likeness (QED) is 0.644. The van der Waals surface area contributed by atoms with Crippen molar-refractivity contribution in [3.05, 3.63) is 66.2 Å². The molecule has 2 aromatic rings. The molecule has 8 heteroatoms. The largest absolute Gasteiger partial charge is 0.492 e. The number of amides is 1. The second-order valence-electron chi connectivity index (χ2n) is 5.52. The number of ether oxygens (including phenoxy) is 1. The Bertz CT molecular complexity index is 898. The number of benzene rings is 2. The van der Waals surface area contributed by atoms with Gasteiger partial charge in [0, 0.05) is 11.6 Å². The van der Waals surface area contributed by atoms with Crippen LogP contribution in [0.1, 0.15) is 6.92 Å². The minimum absolute atomic E-state index is 0.00845. The molecule has 0 aliphatic carbocycles. The van der Waals surface area contributed by atoms with Crippen LogP contribution in [-0.4, -0.2) is 38.3 Å². The van der Waals surface area contributed by atoms with Gasteiger partial charge in [0.25, 0.3) is 0 Å². The van der Waals surface area contributed by atoms with E-state index in [1.54, 1.807) is 24.3 Å². The van der Waals surface area contributed by atoms with Crippen LogP contribution in [0.2, 0.25) is 5.02 Å². The summed E-state index contributed by atoms with van der Waals surface area (Å²) in [7, 11) is -3.88. The van der Waals surface area contributed by atoms with E-state index in [1.807, 2.05) is 6.92 Å². The molecule has 2 rings (SSSR count). The Hall–Kier alpha value is -2.35. The van der Waals surface area contributed by atoms with Crippen LogP contribution in [0.4, 0.5) is 5.69 Å². The van der Waals surface area contributed by atoms with Crippen molar-refractivity contribution in [2.24, 2.45) is 0 Å². The summed E-state index contributed by atoms with van der Waals surface area (Å²) >= 11 is 5.82. The SMILES string of the molecule is C=CCN(CC(=O)Nc1ccccc1OCC)S(=O)(=O)c1ccc(Cl)cc1. The van der Waals surface area contributed by atoms with Gasteiger partial charge in [-0.15, -0.1) is 6.58 Å². The van der Waals surface area contributed by atoms with E-state index in [0.29, 0.717) is 23.1 Å². The molecular formula is C19H21ClN2O4S. The number of anilines is 1. The van der Waals surface area contributed by atoms with Gasteiger partial charge in [0.05, 0.1) is 23.7 Å². The first-order chi connectivity index (χ1) is 12.9. The van der Waals surface area contributed by atoms with E-state index >= 15 is 0 Å². The average molecular weight is 409 g/mol. The van der Waals surface area contributed by atoms with Crippen LogP contribution in [0.15, 0.2) is 66.1 Å². The lowest BCUT2D eigenvalue weighted by Crippen LogP contribution is -2.38. The van der Waals surface area contributed by atoms with Crippen molar-refractivity contribution in [1.82, 2.24) is 4.31 Å². The van der Waals surface area contributed by atoms with Crippen molar-refractivity contribution in [3.63, 3.8) is 0 Å². The monoisotopic (exact) mass is 408 g/mol. The summed E-state index contributed by atoms with van der Waals surface area (Å²) < 4.78 is 32.1. The van der Waals surface area contributed by atoms with E-state index in [1.165, 1.54) is 30.3 Å². The Morgan fingerprint density at radius 3 is 2.52 bits per heavy atom. The van der Waals surface area contributed by atoms with Crippen molar-refractivity contribution in [2.45, 2.75) is 11.8 Å². The van der Waals surface area contributed by atoms with E-state index in [0.717, 1.165) is 4.31 Å². The highest BCUT2D eigenvalue weighted by Gasteiger charge is 2.26. The fourth-order valence-electron chi connectivity index (χ4n) is 2.35. The summed E-state index contributed by atoms with van der Waals surface area (Å²) in [6.07, 6.45) is 1.43. The molecule has 0 saturated heterocycles. The molecule has 1 N–H and O–H groups in total. The maximum Gasteiger partial charge on any atom is 0.243 e. The molecule has 0 atom stereocenters. The molecule has 0 aliphatic heterocycles. The summed E-state index contributed by atoms with van der Waals surface area (Å²) in [4.78, 5) is 12.5. The number of carbonyl (C=O) groups is 1. The molecule has 0 unspecified atom stereocenters. The zero-order valence-corrected chi connectivity index (χ0v) is 16.5. The molecule has 0 radical (unpaired) electrons. The molecule has 1 amide bonds. The van der Waals surface area contributed by atoms with Crippen LogP contribution in [0.3, 0.4) is 0 Å². The van der Waals surface area contributed by atoms with E-state index < -0.39 is 15.9 Å². The van der Waals surface area contributed by atoms with Gasteiger partial charge in [0.2, 0.25) is 15.9 Å². The maximum atomic E-state index is 12.8. The minimum atomic E-state index is -3.88. The number of hydrogen-bond acceptors (Lipinski definition) is 4. The molecular weight excluding hydrogens is 388 g/mol. The fraction of sp³-hybridized carbons (Fsp3) is 0.211. The Morgan fingerprint density at radius 2 is 1.89 bits per heavy atom. The smallest absolute Gasteiger partial charge is 0.243 e. The Kier molecular flexibility index (Phi) is 7.41. The van der Waals surface area contributed by atoms with Gasteiger partial charge < -0.3 is 10.1 Å². The highest BCUT2D eigenvalue weighted by atomic mass is 35.5. The molecule has 0 spiro atoms. The van der Waals surface area contributed by atoms with Gasteiger partial charge in [0.15, 0.2) is 0 Å². The highest BCUT2D eigenvalue weighted by molar-refractivity contribution is 7.89. The zero-order valence-electron chi connectivity index (χ0n) is 14.9. The fourth-order valence-corrected chi connectivity index (χ4v) is 3.84. The second-order valence-corrected chi connectivity index (χ2v) is 7.89. The van der Waals surface area contributed by atoms with Crippen molar-refractivity contribution >= 4 is 33.2 Å². The van der Waals surface area contributed by atoms with E-state index in [-0.39, 0.29) is 18.0 Å². The molecule has 0 bridgehead atoms. The summed E-state index contributed by atoms with van der Waals surface area (Å²) in [6.45, 7) is 5.48. The molecule has 0 fully saturated rings. The van der Waals surface area contributed by atoms with Gasteiger partial charge in [-0.1, -0.05) is 29.8 Å². The first kappa shape index (κ1) is 21.0. The van der Waals surface area contributed by atoms with Crippen LogP contribution in [0.5, 0.6) is 5.75 Å². The molecule has 0 aromatic heterocycles. The van der Waals surface area contributed by atoms with Gasteiger partial charge in [-0.05, 0) is 43.3 Å². The van der Waals surface area contributed by atoms with Crippen LogP contribution in [-0.2, 0) is 14.8 Å². The van der Waals surface area contributed by atoms with E-state index in [4.69, 9.17) is 16.3 Å². The third kappa shape index (κ3) is 5.56. The summed E-state index contributed by atoms with van der Waals surface area (Å²) in [5, 5.41) is 3.12. The Labute approximate surface area is 164 Å². The Morgan fingerprint density at radius 1 is 1.22 bits per heavy atom. The first-order valence-electron chi connectivity index (χ1n) is 8.26. The highest BCUT2D eigenvalue weighted by Crippen LogP contribution is 2.24. The van der Waals surface area contributed by atoms with Gasteiger partial charge >= 0.3 is 0 Å². The van der Waals surface area contributed by atoms with Crippen molar-refractivity contribution in [1.29, 1.82) is 0 Å². The maximum absolute atomic E-state index is 12.8. The topological polar surface area (TPSA) is 75.7 Å². The number of nitrogens with zero attached hydrogens (tertiary/aromatic N) is 1. The first-order valence-corrected chi connectivity index (χ1v) is 10.1. The van der Waals surface area contributed by atoms with Gasteiger partial charge in [0.1, 0.15) is 5.75 Å². The molecule has 27 heavy (non-hydrogen) atoms. The van der Waals surface area contributed by atoms with Crippen LogP contribution >= 0.6 is 11.6 Å². The Balaban J connectivity index is 2.19. The predicted octanol–water partition coefficient (Wildman–Crippen LogP) is 3.55. The number of para-hydroxylation sites is 2. The van der Waals surface area contributed by atoms with Crippen molar-refractivity contribution in [3.8, 4) is 5.75 Å². The number of rotatable bonds is 9. The average Bonchev–Trinajstić information content (AvgIpc) is 2.63. The van der Waals surface area contributed by atoms with Crippen LogP contribution in [0.25, 0.3) is 0 Å². The molecule has 0 aliphatic rings. The van der Waals surface area contributed by atoms with Crippen LogP contribution in [0, 0.1) is 0 Å². The summed E-state index contributed by atoms with van der Waals surface area (Å²) in [6, 6.07) is 12.7. The number of sulfonamides is 1. The lowest BCUT2D eigenvalue weighted by atomic mass is 10.3. The third-order valence-electron chi connectivity index (χ3n) is 3.57. The molecule has 144 valence electrons. The summed E-state index contributed by atoms with van der Waals surface area (Å²) in [5.41, 5.74) is 0.479. The van der Waals surface area contributed by atoms with E-state index in [9.17, 15) is 13.2 Å². The lowest BCUT2D eigenvalue weighted by molar-refractivity contribution is -0.116. The lowest BCUT2D eigenvalue weighted by Gasteiger charge is -2.20. The normalized spacial score (nSPS) is 11.2. The zero-order chi connectivity index (χ0) is 19.9. The molecule has 0 saturated carbocycles. The molecule has 6 nitrogen and oxygen atoms in total. The van der Waals surface area contributed by atoms with Crippen molar-refractivity contribution < 1.29 is 17.9 Å². The molecule has 2 aromatic carbocycles. The van der Waals surface area contributed by atoms with Crippen molar-refractivity contribution in [2.75, 3.05) is 25.0 Å². The molecule has 0 heterocycles. The van der Waals surface area contributed by atoms with Crippen LogP contribution < -0.4 is 10.1 Å². The van der Waals surface area contributed by atoms with E-state index in [2.05, 4.69) is 11.9 Å². The second kappa shape index (κ2) is 9.55. The standard InChI is InChI=1S/C19H21ClN2O4S/c1-3-13-22(27(24,25)16-11-9-15(20)10-12-16)14-19(23)21-17-7-5-6-8-18(17)26-4-2/h3,5-12H,1,4,13-14H2,2H3,(H,21,23). The minimum Gasteiger partial charge on any atom is -0.492 e. The number of nitrogens with one attached hydrogen (secondary N) is 1.